The van der Waals surface area contributed by atoms with E-state index in [9.17, 15) is 0 Å². The number of hydrogen-bond acceptors (Lipinski definition) is 8. The summed E-state index contributed by atoms with van der Waals surface area (Å²) in [5, 5.41) is 16.6. The van der Waals surface area contributed by atoms with Crippen molar-refractivity contribution in [2.45, 2.75) is 131 Å². The molecule has 0 saturated heterocycles. The Bertz CT molecular complexity index is 1090. The van der Waals surface area contributed by atoms with E-state index in [1.165, 1.54) is 69.3 Å². The summed E-state index contributed by atoms with van der Waals surface area (Å²) in [7, 11) is 3.96. The fraction of sp³-hybridized carbons (Fsp3) is 0.625. The summed E-state index contributed by atoms with van der Waals surface area (Å²) in [4.78, 5) is 0. The zero-order valence-electron chi connectivity index (χ0n) is 37.8. The van der Waals surface area contributed by atoms with E-state index in [1.54, 1.807) is 11.9 Å². The topological polar surface area (TPSA) is 72.2 Å². The van der Waals surface area contributed by atoms with Crippen LogP contribution in [0.15, 0.2) is 104 Å². The van der Waals surface area contributed by atoms with Gasteiger partial charge in [0.15, 0.2) is 0 Å². The molecule has 0 heterocycles. The number of nitrogens with one attached hydrogen (secondary N) is 6. The molecule has 0 fully saturated rings. The summed E-state index contributed by atoms with van der Waals surface area (Å²) in [5.74, 6) is 2.89. The molecule has 0 spiro atoms. The molecule has 6 N–H and O–H groups in total. The molecule has 0 saturated carbocycles. The first-order valence-electron chi connectivity index (χ1n) is 21.5. The quantitative estimate of drug-likeness (QED) is 0.0125. The minimum atomic E-state index is 0. The van der Waals surface area contributed by atoms with E-state index in [2.05, 4.69) is 167 Å². The lowest BCUT2D eigenvalue weighted by molar-refractivity contribution is 0.379. The second-order valence-electron chi connectivity index (χ2n) is 14.8. The molecule has 56 heavy (non-hydrogen) atoms. The average Bonchev–Trinajstić information content (AvgIpc) is 3.20. The van der Waals surface area contributed by atoms with Gasteiger partial charge in [-0.2, -0.15) is 0 Å². The highest BCUT2D eigenvalue weighted by atomic mass is 32.2. The van der Waals surface area contributed by atoms with Gasteiger partial charge in [-0.1, -0.05) is 165 Å². The number of rotatable bonds is 26. The van der Waals surface area contributed by atoms with Crippen LogP contribution in [-0.2, 0) is 0 Å². The number of unbranched alkanes of at least 4 members (excludes halogenated alkanes) is 4. The van der Waals surface area contributed by atoms with Gasteiger partial charge in [0.25, 0.3) is 0 Å². The lowest BCUT2D eigenvalue weighted by atomic mass is 9.91. The van der Waals surface area contributed by atoms with Crippen LogP contribution < -0.4 is 31.3 Å². The standard InChI is InChI=1S/C14H20N2S.C14H24N2S.C11H26N2.C5H10.C4H10.6H2/c1-4-12(5-2)14(16-17-11-15-3)13-9-7-6-8-10-13;1-3-8-13(12-9-6-5-7-10-12)16-14(17)15-11-4-2;1-3-9-13-11-8-6-4-5-7-10-12-2;1-4-5(2)3;1-4(2)3;;;;;;/h4-10,14-16H,1,11H2,2-3H3;3,5-7,9,12-17H,1,4,8,10-11H2,2H3;12-13H,3-11H2,1-2H3;4-5H,1H2,2-3H3;4H,1-3H3;6*1H/b12-5+;;;;;;;;;;. The van der Waals surface area contributed by atoms with Crippen molar-refractivity contribution in [2.24, 2.45) is 17.8 Å². The first-order chi connectivity index (χ1) is 27.0. The summed E-state index contributed by atoms with van der Waals surface area (Å²) in [6.07, 6.45) is 27.9. The Morgan fingerprint density at radius 2 is 1.48 bits per heavy atom. The molecule has 1 aliphatic carbocycles. The second kappa shape index (κ2) is 45.8. The molecule has 4 atom stereocenters. The van der Waals surface area contributed by atoms with E-state index in [1.807, 2.05) is 45.3 Å². The lowest BCUT2D eigenvalue weighted by Gasteiger charge is -2.28. The highest BCUT2D eigenvalue weighted by Crippen LogP contribution is 2.24. The molecule has 0 radical (unpaired) electrons. The van der Waals surface area contributed by atoms with E-state index in [0.29, 0.717) is 17.9 Å². The van der Waals surface area contributed by atoms with Gasteiger partial charge in [0, 0.05) is 14.6 Å². The van der Waals surface area contributed by atoms with Crippen LogP contribution in [0.2, 0.25) is 0 Å². The number of thiol groups is 1. The van der Waals surface area contributed by atoms with Crippen molar-refractivity contribution in [3.63, 3.8) is 0 Å². The van der Waals surface area contributed by atoms with Crippen LogP contribution in [0.25, 0.3) is 0 Å². The van der Waals surface area contributed by atoms with Gasteiger partial charge in [0.1, 0.15) is 5.50 Å². The van der Waals surface area contributed by atoms with Crippen molar-refractivity contribution < 1.29 is 8.56 Å². The molecule has 8 heteroatoms. The number of hydrogen-bond donors (Lipinski definition) is 7. The highest BCUT2D eigenvalue weighted by molar-refractivity contribution is 7.97. The maximum Gasteiger partial charge on any atom is 0.103 e. The van der Waals surface area contributed by atoms with Crippen molar-refractivity contribution >= 4 is 24.6 Å². The Morgan fingerprint density at radius 3 is 1.96 bits per heavy atom. The normalized spacial score (nSPS) is 14.7. The van der Waals surface area contributed by atoms with Gasteiger partial charge in [-0.25, -0.2) is 0 Å². The van der Waals surface area contributed by atoms with Crippen molar-refractivity contribution in [3.8, 4) is 0 Å². The number of allylic oxidation sites excluding steroid dienone is 5. The fourth-order valence-corrected chi connectivity index (χ4v) is 5.93. The van der Waals surface area contributed by atoms with Crippen LogP contribution in [0.1, 0.15) is 133 Å². The Hall–Kier alpha value is -1.88. The molecule has 1 aromatic carbocycles. The van der Waals surface area contributed by atoms with E-state index >= 15 is 0 Å². The van der Waals surface area contributed by atoms with Crippen LogP contribution in [0.3, 0.4) is 0 Å². The Balaban J connectivity index is -0.0000000850. The van der Waals surface area contributed by atoms with Gasteiger partial charge in [0.2, 0.25) is 0 Å². The molecule has 4 unspecified atom stereocenters. The van der Waals surface area contributed by atoms with Crippen LogP contribution in [0, 0.1) is 17.8 Å². The van der Waals surface area contributed by atoms with Gasteiger partial charge < -0.3 is 16.0 Å². The summed E-state index contributed by atoms with van der Waals surface area (Å²) < 4.78 is 3.45. The van der Waals surface area contributed by atoms with E-state index in [-0.39, 0.29) is 20.1 Å². The Morgan fingerprint density at radius 1 is 0.875 bits per heavy atom. The van der Waals surface area contributed by atoms with E-state index in [4.69, 9.17) is 0 Å². The largest absolute Gasteiger partial charge is 0.320 e. The molecular weight excluding hydrogens is 725 g/mol. The maximum absolute atomic E-state index is 4.52. The SMILES string of the molecule is C=C/C(=C\C)C(NSCNC)c1ccccc1.C=CC(C)C.C=CCC(NC(S)NCCC)C1C=CC=CC1.CC(C)C.CCCNCCCCCCCNC.[HH].[HH].[HH].[HH].[HH].[HH]. The smallest absolute Gasteiger partial charge is 0.103 e. The zero-order valence-corrected chi connectivity index (χ0v) is 39.6. The summed E-state index contributed by atoms with van der Waals surface area (Å²) in [6.45, 7) is 32.9. The fourth-order valence-electron chi connectivity index (χ4n) is 4.94. The molecular formula is C48H102N6S2. The maximum atomic E-state index is 4.52. The molecule has 2 rings (SSSR count). The van der Waals surface area contributed by atoms with Crippen LogP contribution >= 0.6 is 24.6 Å². The monoisotopic (exact) mass is 827 g/mol. The van der Waals surface area contributed by atoms with E-state index in [0.717, 1.165) is 37.6 Å². The Kier molecular flexibility index (Phi) is 47.8. The van der Waals surface area contributed by atoms with Crippen molar-refractivity contribution in [2.75, 3.05) is 46.2 Å². The van der Waals surface area contributed by atoms with Crippen LogP contribution in [0.5, 0.6) is 0 Å². The van der Waals surface area contributed by atoms with Crippen LogP contribution in [-0.4, -0.2) is 57.7 Å². The van der Waals surface area contributed by atoms with Gasteiger partial charge in [-0.3, -0.25) is 15.4 Å². The van der Waals surface area contributed by atoms with Gasteiger partial charge in [-0.05, 0) is 115 Å². The van der Waals surface area contributed by atoms with E-state index < -0.39 is 0 Å². The first-order valence-corrected chi connectivity index (χ1v) is 23.0. The highest BCUT2D eigenvalue weighted by Gasteiger charge is 2.19. The average molecular weight is 828 g/mol. The number of benzene rings is 1. The summed E-state index contributed by atoms with van der Waals surface area (Å²) >= 11 is 6.18. The summed E-state index contributed by atoms with van der Waals surface area (Å²) in [6, 6.07) is 11.0. The zero-order chi connectivity index (χ0) is 42.7. The van der Waals surface area contributed by atoms with Crippen molar-refractivity contribution in [1.82, 2.24) is 31.3 Å². The third-order valence-corrected chi connectivity index (χ3v) is 9.21. The third kappa shape index (κ3) is 40.3. The predicted octanol–water partition coefficient (Wildman–Crippen LogP) is 13.3. The molecule has 336 valence electrons. The minimum Gasteiger partial charge on any atom is -0.320 e. The molecule has 0 amide bonds. The molecule has 0 bridgehead atoms. The Labute approximate surface area is 367 Å². The molecule has 0 aromatic heterocycles. The molecule has 6 nitrogen and oxygen atoms in total. The van der Waals surface area contributed by atoms with Gasteiger partial charge in [0.05, 0.1) is 11.9 Å². The van der Waals surface area contributed by atoms with Crippen molar-refractivity contribution in [1.29, 1.82) is 0 Å². The van der Waals surface area contributed by atoms with Crippen LogP contribution in [0.4, 0.5) is 0 Å². The molecule has 0 aliphatic heterocycles. The molecule has 1 aromatic rings. The lowest BCUT2D eigenvalue weighted by Crippen LogP contribution is -2.46. The third-order valence-electron chi connectivity index (χ3n) is 8.04. The molecule has 1 aliphatic rings. The predicted molar refractivity (Wildman–Crippen MR) is 275 cm³/mol. The first kappa shape index (κ1) is 58.4. The van der Waals surface area contributed by atoms with Gasteiger partial charge >= 0.3 is 0 Å². The van der Waals surface area contributed by atoms with Gasteiger partial charge in [-0.15, -0.1) is 25.8 Å². The second-order valence-corrected chi connectivity index (χ2v) is 16.1. The minimum absolute atomic E-state index is 0. The summed E-state index contributed by atoms with van der Waals surface area (Å²) in [5.41, 5.74) is 2.50. The van der Waals surface area contributed by atoms with Crippen molar-refractivity contribution in [3.05, 3.63) is 110 Å².